The molecule has 4 aromatic heterocycles. The molecule has 0 atom stereocenters. The molecule has 4 aromatic rings. The van der Waals surface area contributed by atoms with E-state index < -0.39 is 11.2 Å². The van der Waals surface area contributed by atoms with Crippen LogP contribution >= 0.6 is 11.3 Å². The van der Waals surface area contributed by atoms with Gasteiger partial charge in [0.1, 0.15) is 6.54 Å². The third kappa shape index (κ3) is 2.79. The van der Waals surface area contributed by atoms with Gasteiger partial charge in [0.05, 0.1) is 17.1 Å². The second-order valence-corrected chi connectivity index (χ2v) is 8.13. The van der Waals surface area contributed by atoms with E-state index in [4.69, 9.17) is 4.52 Å². The average molecular weight is 427 g/mol. The minimum atomic E-state index is -0.480. The van der Waals surface area contributed by atoms with E-state index in [1.54, 1.807) is 4.90 Å². The van der Waals surface area contributed by atoms with Gasteiger partial charge in [-0.3, -0.25) is 18.7 Å². The minimum absolute atomic E-state index is 0.0108. The molecule has 0 N–H and O–H groups in total. The van der Waals surface area contributed by atoms with Gasteiger partial charge in [-0.05, 0) is 11.4 Å². The normalized spacial score (nSPS) is 14.4. The number of hydrogen-bond donors (Lipinski definition) is 0. The van der Waals surface area contributed by atoms with E-state index in [0.29, 0.717) is 24.8 Å². The van der Waals surface area contributed by atoms with Gasteiger partial charge in [-0.15, -0.1) is 11.3 Å². The van der Waals surface area contributed by atoms with Crippen molar-refractivity contribution in [2.24, 2.45) is 14.1 Å². The molecular weight excluding hydrogens is 410 g/mol. The first-order chi connectivity index (χ1) is 14.4. The van der Waals surface area contributed by atoms with Crippen LogP contribution < -0.4 is 11.2 Å². The van der Waals surface area contributed by atoms with Crippen LogP contribution in [0.25, 0.3) is 21.9 Å². The summed E-state index contributed by atoms with van der Waals surface area (Å²) in [7, 11) is 2.94. The molecule has 5 heterocycles. The summed E-state index contributed by atoms with van der Waals surface area (Å²) in [4.78, 5) is 48.4. The number of imidazole rings is 1. The van der Waals surface area contributed by atoms with Crippen LogP contribution in [0.4, 0.5) is 0 Å². The molecule has 154 valence electrons. The van der Waals surface area contributed by atoms with Crippen LogP contribution in [0.2, 0.25) is 0 Å². The highest BCUT2D eigenvalue weighted by atomic mass is 32.1. The number of thiophene rings is 1. The molecule has 0 bridgehead atoms. The summed E-state index contributed by atoms with van der Waals surface area (Å²) in [5.41, 5.74) is -0.463. The Hall–Kier alpha value is -3.54. The zero-order valence-corrected chi connectivity index (χ0v) is 17.0. The van der Waals surface area contributed by atoms with E-state index in [-0.39, 0.29) is 29.5 Å². The van der Waals surface area contributed by atoms with Crippen molar-refractivity contribution in [1.29, 1.82) is 0 Å². The van der Waals surface area contributed by atoms with Crippen LogP contribution in [-0.2, 0) is 25.4 Å². The highest BCUT2D eigenvalue weighted by Gasteiger charge is 2.36. The quantitative estimate of drug-likeness (QED) is 0.455. The van der Waals surface area contributed by atoms with Gasteiger partial charge < -0.3 is 14.0 Å². The van der Waals surface area contributed by atoms with Gasteiger partial charge in [-0.1, -0.05) is 11.2 Å². The number of fused-ring (bicyclic) bond motifs is 1. The Bertz CT molecular complexity index is 1370. The summed E-state index contributed by atoms with van der Waals surface area (Å²) in [6, 6.07) is 3.84. The Morgan fingerprint density at radius 3 is 2.80 bits per heavy atom. The molecule has 0 aromatic carbocycles. The van der Waals surface area contributed by atoms with Gasteiger partial charge in [-0.2, -0.15) is 4.98 Å². The summed E-state index contributed by atoms with van der Waals surface area (Å²) in [5.74, 6) is 0.901. The van der Waals surface area contributed by atoms with E-state index in [1.807, 2.05) is 17.5 Å². The number of nitrogens with zero attached hydrogens (tertiary/aromatic N) is 7. The Balaban J connectivity index is 1.30. The van der Waals surface area contributed by atoms with Crippen molar-refractivity contribution < 1.29 is 9.32 Å². The van der Waals surface area contributed by atoms with E-state index in [1.165, 1.54) is 40.9 Å². The second kappa shape index (κ2) is 6.76. The van der Waals surface area contributed by atoms with Crippen LogP contribution in [0.1, 0.15) is 11.8 Å². The zero-order valence-electron chi connectivity index (χ0n) is 16.2. The Kier molecular flexibility index (Phi) is 4.17. The molecule has 1 saturated heterocycles. The number of hydrogen-bond acceptors (Lipinski definition) is 8. The average Bonchev–Trinajstić information content (AvgIpc) is 3.43. The van der Waals surface area contributed by atoms with Crippen molar-refractivity contribution in [2.45, 2.75) is 12.5 Å². The number of aromatic nitrogens is 6. The lowest BCUT2D eigenvalue weighted by Gasteiger charge is -2.37. The molecule has 0 unspecified atom stereocenters. The highest BCUT2D eigenvalue weighted by Crippen LogP contribution is 2.29. The monoisotopic (exact) mass is 427 g/mol. The lowest BCUT2D eigenvalue weighted by Crippen LogP contribution is -2.49. The van der Waals surface area contributed by atoms with Crippen LogP contribution in [0.3, 0.4) is 0 Å². The first-order valence-electron chi connectivity index (χ1n) is 9.20. The molecule has 5 rings (SSSR count). The number of carbonyl (C=O) groups excluding carboxylic acids is 1. The number of carbonyl (C=O) groups is 1. The van der Waals surface area contributed by atoms with Crippen molar-refractivity contribution in [3.8, 4) is 10.7 Å². The fraction of sp³-hybridized carbons (Fsp3) is 0.333. The molecule has 30 heavy (non-hydrogen) atoms. The standard InChI is InChI=1S/C18H17N7O4S/c1-22-15-13(17(27)23(2)18(22)28)25(9-19-15)8-12(26)24-6-10(7-24)16-20-14(21-29-16)11-4-3-5-30-11/h3-5,9-10H,6-8H2,1-2H3. The van der Waals surface area contributed by atoms with Crippen LogP contribution in [0, 0.1) is 0 Å². The summed E-state index contributed by atoms with van der Waals surface area (Å²) < 4.78 is 9.13. The van der Waals surface area contributed by atoms with Gasteiger partial charge >= 0.3 is 5.69 Å². The molecule has 1 aliphatic heterocycles. The third-order valence-corrected chi connectivity index (χ3v) is 6.16. The van der Waals surface area contributed by atoms with Crippen molar-refractivity contribution in [3.63, 3.8) is 0 Å². The van der Waals surface area contributed by atoms with Gasteiger partial charge in [0.25, 0.3) is 5.56 Å². The summed E-state index contributed by atoms with van der Waals surface area (Å²) >= 11 is 1.53. The van der Waals surface area contributed by atoms with Crippen LogP contribution in [0.15, 0.2) is 38.0 Å². The Labute approximate surface area is 172 Å². The first-order valence-corrected chi connectivity index (χ1v) is 10.1. The lowest BCUT2D eigenvalue weighted by atomic mass is 10.00. The molecule has 0 saturated carbocycles. The molecule has 0 radical (unpaired) electrons. The maximum absolute atomic E-state index is 12.7. The maximum Gasteiger partial charge on any atom is 0.332 e. The topological polar surface area (TPSA) is 121 Å². The predicted molar refractivity (Wildman–Crippen MR) is 107 cm³/mol. The predicted octanol–water partition coefficient (Wildman–Crippen LogP) is 0.171. The molecule has 1 amide bonds. The largest absolute Gasteiger partial charge is 0.339 e. The van der Waals surface area contributed by atoms with Crippen molar-refractivity contribution >= 4 is 28.4 Å². The molecule has 1 fully saturated rings. The number of likely N-dealkylation sites (tertiary alicyclic amines) is 1. The fourth-order valence-electron chi connectivity index (χ4n) is 3.51. The molecule has 11 nitrogen and oxygen atoms in total. The summed E-state index contributed by atoms with van der Waals surface area (Å²) in [6.45, 7) is 0.892. The lowest BCUT2D eigenvalue weighted by molar-refractivity contribution is -0.136. The minimum Gasteiger partial charge on any atom is -0.339 e. The molecular formula is C18H17N7O4S. The SMILES string of the molecule is Cn1c(=O)c2c(ncn2CC(=O)N2CC(c3nc(-c4cccs4)no3)C2)n(C)c1=O. The number of rotatable bonds is 4. The number of aryl methyl sites for hydroxylation is 1. The second-order valence-electron chi connectivity index (χ2n) is 7.18. The van der Waals surface area contributed by atoms with Crippen LogP contribution in [0.5, 0.6) is 0 Å². The zero-order chi connectivity index (χ0) is 21.0. The van der Waals surface area contributed by atoms with Gasteiger partial charge in [0.15, 0.2) is 11.2 Å². The van der Waals surface area contributed by atoms with Crippen molar-refractivity contribution in [1.82, 2.24) is 33.7 Å². The van der Waals surface area contributed by atoms with Crippen LogP contribution in [-0.4, -0.2) is 52.7 Å². The van der Waals surface area contributed by atoms with Gasteiger partial charge in [0, 0.05) is 27.2 Å². The fourth-order valence-corrected chi connectivity index (χ4v) is 4.16. The van der Waals surface area contributed by atoms with E-state index >= 15 is 0 Å². The van der Waals surface area contributed by atoms with E-state index in [9.17, 15) is 14.4 Å². The smallest absolute Gasteiger partial charge is 0.332 e. The van der Waals surface area contributed by atoms with E-state index in [0.717, 1.165) is 9.44 Å². The van der Waals surface area contributed by atoms with Gasteiger partial charge in [0.2, 0.25) is 17.6 Å². The maximum atomic E-state index is 12.7. The summed E-state index contributed by atoms with van der Waals surface area (Å²) in [5, 5.41) is 5.95. The Morgan fingerprint density at radius 1 is 1.27 bits per heavy atom. The molecule has 0 spiro atoms. The number of amides is 1. The third-order valence-electron chi connectivity index (χ3n) is 5.29. The highest BCUT2D eigenvalue weighted by molar-refractivity contribution is 7.13. The van der Waals surface area contributed by atoms with Crippen molar-refractivity contribution in [2.75, 3.05) is 13.1 Å². The Morgan fingerprint density at radius 2 is 2.07 bits per heavy atom. The van der Waals surface area contributed by atoms with Crippen molar-refractivity contribution in [3.05, 3.63) is 50.6 Å². The van der Waals surface area contributed by atoms with Gasteiger partial charge in [-0.25, -0.2) is 9.78 Å². The molecule has 0 aliphatic carbocycles. The first kappa shape index (κ1) is 18.5. The molecule has 12 heteroatoms. The molecule has 1 aliphatic rings. The summed E-state index contributed by atoms with van der Waals surface area (Å²) in [6.07, 6.45) is 1.41. The van der Waals surface area contributed by atoms with E-state index in [2.05, 4.69) is 15.1 Å².